The number of aromatic nitrogens is 4. The third-order valence-electron chi connectivity index (χ3n) is 4.47. The van der Waals surface area contributed by atoms with E-state index < -0.39 is 0 Å². The molecule has 0 aliphatic carbocycles. The van der Waals surface area contributed by atoms with Gasteiger partial charge in [-0.25, -0.2) is 15.0 Å². The molecule has 0 unspecified atom stereocenters. The summed E-state index contributed by atoms with van der Waals surface area (Å²) in [5.41, 5.74) is 8.58. The molecule has 1 aliphatic rings. The first kappa shape index (κ1) is 16.6. The summed E-state index contributed by atoms with van der Waals surface area (Å²) in [7, 11) is 1.93. The van der Waals surface area contributed by atoms with Crippen molar-refractivity contribution in [3.05, 3.63) is 41.5 Å². The minimum atomic E-state index is -0.113. The van der Waals surface area contributed by atoms with E-state index in [2.05, 4.69) is 15.0 Å². The zero-order chi connectivity index (χ0) is 17.4. The Labute approximate surface area is 141 Å². The van der Waals surface area contributed by atoms with Gasteiger partial charge in [0.05, 0.1) is 23.3 Å². The molecule has 0 spiro atoms. The van der Waals surface area contributed by atoms with Gasteiger partial charge in [0.15, 0.2) is 0 Å². The molecule has 1 saturated heterocycles. The van der Waals surface area contributed by atoms with Gasteiger partial charge in [0, 0.05) is 44.5 Å². The van der Waals surface area contributed by atoms with E-state index in [0.717, 1.165) is 11.4 Å². The molecule has 7 nitrogen and oxygen atoms in total. The quantitative estimate of drug-likeness (QED) is 0.914. The minimum Gasteiger partial charge on any atom is -0.340 e. The van der Waals surface area contributed by atoms with Gasteiger partial charge in [0.2, 0.25) is 0 Å². The number of aryl methyl sites for hydroxylation is 2. The molecule has 0 saturated carbocycles. The number of hydrogen-bond donors (Lipinski definition) is 1. The molecule has 2 aromatic rings. The molecule has 1 aliphatic heterocycles. The Kier molecular flexibility index (Phi) is 4.36. The highest BCUT2D eigenvalue weighted by molar-refractivity contribution is 5.95. The summed E-state index contributed by atoms with van der Waals surface area (Å²) in [6.45, 7) is 6.99. The molecule has 1 amide bonds. The number of nitrogens with two attached hydrogens (primary N) is 1. The monoisotopic (exact) mass is 328 g/mol. The van der Waals surface area contributed by atoms with Gasteiger partial charge in [0.25, 0.3) is 5.91 Å². The van der Waals surface area contributed by atoms with Gasteiger partial charge in [-0.3, -0.25) is 4.79 Å². The Morgan fingerprint density at radius 2 is 2.08 bits per heavy atom. The van der Waals surface area contributed by atoms with Crippen molar-refractivity contribution in [1.29, 1.82) is 0 Å². The van der Waals surface area contributed by atoms with Gasteiger partial charge >= 0.3 is 0 Å². The molecule has 7 heteroatoms. The SMILES string of the molecule is Cc1ncc(C(=O)N2C[C@@H](N)[C@H](c3cn(C)cn3)C2)c(C(C)C)n1. The average Bonchev–Trinajstić information content (AvgIpc) is 3.12. The van der Waals surface area contributed by atoms with Crippen molar-refractivity contribution < 1.29 is 4.79 Å². The zero-order valence-corrected chi connectivity index (χ0v) is 14.6. The second kappa shape index (κ2) is 6.32. The standard InChI is InChI=1S/C17H24N6O/c1-10(2)16-12(5-19-11(3)21-16)17(24)23-6-13(14(18)7-23)15-8-22(4)9-20-15/h5,8-10,13-14H,6-7,18H2,1-4H3/t13-,14-/m1/s1. The van der Waals surface area contributed by atoms with E-state index in [0.29, 0.717) is 24.5 Å². The molecule has 2 N–H and O–H groups in total. The predicted molar refractivity (Wildman–Crippen MR) is 90.7 cm³/mol. The van der Waals surface area contributed by atoms with Crippen LogP contribution in [0, 0.1) is 6.92 Å². The van der Waals surface area contributed by atoms with Crippen LogP contribution >= 0.6 is 0 Å². The van der Waals surface area contributed by atoms with Crippen molar-refractivity contribution in [1.82, 2.24) is 24.4 Å². The maximum Gasteiger partial charge on any atom is 0.257 e. The van der Waals surface area contributed by atoms with E-state index in [9.17, 15) is 4.79 Å². The third-order valence-corrected chi connectivity index (χ3v) is 4.47. The molecule has 1 fully saturated rings. The maximum atomic E-state index is 13.0. The van der Waals surface area contributed by atoms with Crippen LogP contribution in [0.4, 0.5) is 0 Å². The summed E-state index contributed by atoms with van der Waals surface area (Å²) >= 11 is 0. The predicted octanol–water partition coefficient (Wildman–Crippen LogP) is 1.21. The van der Waals surface area contributed by atoms with E-state index in [4.69, 9.17) is 5.73 Å². The van der Waals surface area contributed by atoms with Crippen LogP contribution in [-0.2, 0) is 7.05 Å². The van der Waals surface area contributed by atoms with Crippen LogP contribution in [0.3, 0.4) is 0 Å². The number of hydrogen-bond acceptors (Lipinski definition) is 5. The first-order valence-corrected chi connectivity index (χ1v) is 8.23. The number of rotatable bonds is 3. The number of carbonyl (C=O) groups is 1. The molecule has 24 heavy (non-hydrogen) atoms. The smallest absolute Gasteiger partial charge is 0.257 e. The van der Waals surface area contributed by atoms with Crippen LogP contribution in [0.5, 0.6) is 0 Å². The molecule has 2 aromatic heterocycles. The summed E-state index contributed by atoms with van der Waals surface area (Å²) in [6, 6.07) is -0.113. The zero-order valence-electron chi connectivity index (χ0n) is 14.6. The normalized spacial score (nSPS) is 20.8. The summed E-state index contributed by atoms with van der Waals surface area (Å²) < 4.78 is 1.90. The first-order chi connectivity index (χ1) is 11.4. The number of nitrogens with zero attached hydrogens (tertiary/aromatic N) is 5. The lowest BCUT2D eigenvalue weighted by molar-refractivity contribution is 0.0786. The van der Waals surface area contributed by atoms with Gasteiger partial charge in [-0.1, -0.05) is 13.8 Å². The molecular formula is C17H24N6O. The fraction of sp³-hybridized carbons (Fsp3) is 0.529. The molecule has 3 rings (SSSR count). The maximum absolute atomic E-state index is 13.0. The highest BCUT2D eigenvalue weighted by Crippen LogP contribution is 2.27. The van der Waals surface area contributed by atoms with E-state index in [1.165, 1.54) is 0 Å². The van der Waals surface area contributed by atoms with E-state index in [1.807, 2.05) is 38.6 Å². The second-order valence-corrected chi connectivity index (χ2v) is 6.82. The first-order valence-electron chi connectivity index (χ1n) is 8.23. The lowest BCUT2D eigenvalue weighted by Crippen LogP contribution is -2.33. The van der Waals surface area contributed by atoms with E-state index in [-0.39, 0.29) is 23.8 Å². The molecule has 0 bridgehead atoms. The fourth-order valence-corrected chi connectivity index (χ4v) is 3.20. The Morgan fingerprint density at radius 3 is 2.71 bits per heavy atom. The second-order valence-electron chi connectivity index (χ2n) is 6.82. The van der Waals surface area contributed by atoms with Gasteiger partial charge < -0.3 is 15.2 Å². The van der Waals surface area contributed by atoms with Crippen LogP contribution in [0.1, 0.15) is 53.3 Å². The highest BCUT2D eigenvalue weighted by atomic mass is 16.2. The molecule has 0 aromatic carbocycles. The van der Waals surface area contributed by atoms with Crippen LogP contribution in [0.25, 0.3) is 0 Å². The lowest BCUT2D eigenvalue weighted by atomic mass is 10.0. The lowest BCUT2D eigenvalue weighted by Gasteiger charge is -2.19. The summed E-state index contributed by atoms with van der Waals surface area (Å²) in [5.74, 6) is 0.852. The Balaban J connectivity index is 1.84. The topological polar surface area (TPSA) is 89.9 Å². The van der Waals surface area contributed by atoms with E-state index in [1.54, 1.807) is 17.4 Å². The van der Waals surface area contributed by atoms with Crippen molar-refractivity contribution in [3.63, 3.8) is 0 Å². The number of likely N-dealkylation sites (tertiary alicyclic amines) is 1. The van der Waals surface area contributed by atoms with Crippen LogP contribution < -0.4 is 5.73 Å². The van der Waals surface area contributed by atoms with Gasteiger partial charge in [-0.15, -0.1) is 0 Å². The van der Waals surface area contributed by atoms with Crippen LogP contribution in [0.15, 0.2) is 18.7 Å². The Hall–Kier alpha value is -2.28. The van der Waals surface area contributed by atoms with Crippen LogP contribution in [0.2, 0.25) is 0 Å². The number of amides is 1. The Bertz CT molecular complexity index is 753. The Morgan fingerprint density at radius 1 is 1.33 bits per heavy atom. The molecule has 3 heterocycles. The third kappa shape index (κ3) is 3.03. The summed E-state index contributed by atoms with van der Waals surface area (Å²) in [5, 5.41) is 0. The van der Waals surface area contributed by atoms with Gasteiger partial charge in [-0.05, 0) is 12.8 Å². The average molecular weight is 328 g/mol. The highest BCUT2D eigenvalue weighted by Gasteiger charge is 2.36. The van der Waals surface area contributed by atoms with E-state index >= 15 is 0 Å². The number of carbonyl (C=O) groups excluding carboxylic acids is 1. The number of imidazole rings is 1. The van der Waals surface area contributed by atoms with Gasteiger partial charge in [0.1, 0.15) is 5.82 Å². The van der Waals surface area contributed by atoms with Crippen molar-refractivity contribution >= 4 is 5.91 Å². The largest absolute Gasteiger partial charge is 0.340 e. The fourth-order valence-electron chi connectivity index (χ4n) is 3.20. The summed E-state index contributed by atoms with van der Waals surface area (Å²) in [4.78, 5) is 27.8. The summed E-state index contributed by atoms with van der Waals surface area (Å²) in [6.07, 6.45) is 5.36. The molecule has 128 valence electrons. The molecule has 2 atom stereocenters. The van der Waals surface area contributed by atoms with Crippen molar-refractivity contribution in [2.75, 3.05) is 13.1 Å². The minimum absolute atomic E-state index is 0.0485. The van der Waals surface area contributed by atoms with Crippen molar-refractivity contribution in [3.8, 4) is 0 Å². The van der Waals surface area contributed by atoms with Gasteiger partial charge in [-0.2, -0.15) is 0 Å². The van der Waals surface area contributed by atoms with Crippen molar-refractivity contribution in [2.24, 2.45) is 12.8 Å². The molecular weight excluding hydrogens is 304 g/mol. The van der Waals surface area contributed by atoms with Crippen LogP contribution in [-0.4, -0.2) is 49.5 Å². The molecule has 0 radical (unpaired) electrons. The van der Waals surface area contributed by atoms with Crippen molar-refractivity contribution in [2.45, 2.75) is 38.6 Å².